The van der Waals surface area contributed by atoms with Gasteiger partial charge in [0.1, 0.15) is 0 Å². The van der Waals surface area contributed by atoms with E-state index in [1.165, 1.54) is 0 Å². The molecule has 0 radical (unpaired) electrons. The molecule has 0 aromatic rings. The van der Waals surface area contributed by atoms with Crippen molar-refractivity contribution in [1.29, 1.82) is 0 Å². The highest BCUT2D eigenvalue weighted by molar-refractivity contribution is 7.85. The normalized spacial score (nSPS) is 13.7. The van der Waals surface area contributed by atoms with Gasteiger partial charge in [-0.25, -0.2) is 0 Å². The first kappa shape index (κ1) is 11.1. The molecular formula is C6H16O3SSi. The summed E-state index contributed by atoms with van der Waals surface area (Å²) in [7, 11) is -2.68. The maximum absolute atomic E-state index is 10.3. The molecular weight excluding hydrogens is 180 g/mol. The Morgan fingerprint density at radius 1 is 1.45 bits per heavy atom. The van der Waals surface area contributed by atoms with Crippen molar-refractivity contribution < 1.29 is 13.0 Å². The minimum atomic E-state index is -3.73. The lowest BCUT2D eigenvalue weighted by atomic mass is 10.1. The average Bonchev–Trinajstić information content (AvgIpc) is 1.55. The predicted molar refractivity (Wildman–Crippen MR) is 49.6 cm³/mol. The van der Waals surface area contributed by atoms with E-state index in [0.717, 1.165) is 16.7 Å². The quantitative estimate of drug-likeness (QED) is 0.517. The van der Waals surface area contributed by atoms with Gasteiger partial charge in [0, 0.05) is 10.2 Å². The zero-order valence-electron chi connectivity index (χ0n) is 7.29. The van der Waals surface area contributed by atoms with Crippen LogP contribution in [-0.2, 0) is 10.1 Å². The third-order valence-electron chi connectivity index (χ3n) is 1.33. The van der Waals surface area contributed by atoms with Crippen LogP contribution in [0.5, 0.6) is 0 Å². The molecule has 0 saturated carbocycles. The van der Waals surface area contributed by atoms with Gasteiger partial charge in [-0.3, -0.25) is 4.55 Å². The van der Waals surface area contributed by atoms with E-state index in [1.54, 1.807) is 0 Å². The zero-order chi connectivity index (χ0) is 9.12. The molecule has 0 unspecified atom stereocenters. The van der Waals surface area contributed by atoms with E-state index < -0.39 is 10.1 Å². The van der Waals surface area contributed by atoms with Gasteiger partial charge in [-0.2, -0.15) is 8.42 Å². The molecule has 1 N–H and O–H groups in total. The van der Waals surface area contributed by atoms with Crippen LogP contribution in [0.3, 0.4) is 0 Å². The first-order valence-corrected chi connectivity index (χ1v) is 6.27. The molecule has 0 aliphatic heterocycles. The Kier molecular flexibility index (Phi) is 3.73. The molecule has 0 fully saturated rings. The fourth-order valence-electron chi connectivity index (χ4n) is 0.785. The average molecular weight is 196 g/mol. The van der Waals surface area contributed by atoms with Crippen molar-refractivity contribution in [2.24, 2.45) is 0 Å². The van der Waals surface area contributed by atoms with Crippen molar-refractivity contribution in [1.82, 2.24) is 0 Å². The monoisotopic (exact) mass is 196 g/mol. The second-order valence-electron chi connectivity index (χ2n) is 3.95. The van der Waals surface area contributed by atoms with Crippen molar-refractivity contribution in [3.8, 4) is 0 Å². The van der Waals surface area contributed by atoms with Crippen LogP contribution in [0.2, 0.25) is 5.04 Å². The van der Waals surface area contributed by atoms with Crippen molar-refractivity contribution >= 4 is 20.4 Å². The van der Waals surface area contributed by atoms with Gasteiger partial charge in [-0.1, -0.05) is 20.3 Å². The van der Waals surface area contributed by atoms with Crippen LogP contribution < -0.4 is 0 Å². The lowest BCUT2D eigenvalue weighted by Gasteiger charge is -2.16. The second kappa shape index (κ2) is 3.69. The highest BCUT2D eigenvalue weighted by Crippen LogP contribution is 2.25. The third kappa shape index (κ3) is 10.1. The molecule has 68 valence electrons. The molecule has 0 aromatic heterocycles. The molecule has 0 rings (SSSR count). The molecule has 0 amide bonds. The van der Waals surface area contributed by atoms with Crippen LogP contribution in [0.15, 0.2) is 0 Å². The van der Waals surface area contributed by atoms with Crippen LogP contribution in [-0.4, -0.2) is 29.0 Å². The smallest absolute Gasteiger partial charge is 0.264 e. The van der Waals surface area contributed by atoms with Gasteiger partial charge in [0.25, 0.3) is 10.1 Å². The van der Waals surface area contributed by atoms with Crippen molar-refractivity contribution in [3.05, 3.63) is 0 Å². The molecule has 0 bridgehead atoms. The topological polar surface area (TPSA) is 54.4 Å². The summed E-state index contributed by atoms with van der Waals surface area (Å²) in [4.78, 5) is 0. The Bertz CT molecular complexity index is 202. The van der Waals surface area contributed by atoms with Gasteiger partial charge in [0.2, 0.25) is 0 Å². The zero-order valence-corrected chi connectivity index (χ0v) is 10.1. The van der Waals surface area contributed by atoms with Gasteiger partial charge < -0.3 is 0 Å². The first-order chi connectivity index (χ1) is 4.71. The molecule has 3 nitrogen and oxygen atoms in total. The third-order valence-corrected chi connectivity index (χ3v) is 2.63. The fraction of sp³-hybridized carbons (Fsp3) is 1.00. The summed E-state index contributed by atoms with van der Waals surface area (Å²) in [5.41, 5.74) is 0. The molecule has 0 aliphatic rings. The van der Waals surface area contributed by atoms with E-state index in [9.17, 15) is 8.42 Å². The Balaban J connectivity index is 3.61. The lowest BCUT2D eigenvalue weighted by molar-refractivity contribution is 0.477. The molecule has 0 aromatic carbocycles. The standard InChI is InChI=1S/C6H16O3SSi/c1-6(2,11)4-3-5-10(7,8)9/h3-5H2,1-2,11H3,(H,7,8,9). The van der Waals surface area contributed by atoms with Crippen LogP contribution in [0.4, 0.5) is 0 Å². The summed E-state index contributed by atoms with van der Waals surface area (Å²) >= 11 is 0. The molecule has 0 atom stereocenters. The Hall–Kier alpha value is 0.127. The van der Waals surface area contributed by atoms with E-state index in [4.69, 9.17) is 4.55 Å². The number of hydrogen-bond acceptors (Lipinski definition) is 2. The van der Waals surface area contributed by atoms with Gasteiger partial charge in [0.05, 0.1) is 5.75 Å². The highest BCUT2D eigenvalue weighted by Gasteiger charge is 2.12. The Labute approximate surface area is 71.4 Å². The Morgan fingerprint density at radius 3 is 2.18 bits per heavy atom. The molecule has 0 aliphatic carbocycles. The summed E-state index contributed by atoms with van der Waals surface area (Å²) in [5, 5.41) is 0.282. The number of rotatable bonds is 4. The molecule has 0 saturated heterocycles. The van der Waals surface area contributed by atoms with Gasteiger partial charge in [0.15, 0.2) is 0 Å². The summed E-state index contributed by atoms with van der Waals surface area (Å²) in [6.45, 7) is 4.20. The minimum absolute atomic E-state index is 0.0985. The molecule has 0 heterocycles. The maximum Gasteiger partial charge on any atom is 0.264 e. The lowest BCUT2D eigenvalue weighted by Crippen LogP contribution is -2.08. The van der Waals surface area contributed by atoms with Gasteiger partial charge in [-0.05, 0) is 11.5 Å². The second-order valence-corrected chi connectivity index (χ2v) is 8.23. The fourth-order valence-corrected chi connectivity index (χ4v) is 1.65. The van der Waals surface area contributed by atoms with Crippen LogP contribution in [0, 0.1) is 0 Å². The summed E-state index contributed by atoms with van der Waals surface area (Å²) < 4.78 is 29.0. The van der Waals surface area contributed by atoms with E-state index >= 15 is 0 Å². The van der Waals surface area contributed by atoms with Gasteiger partial charge in [-0.15, -0.1) is 0 Å². The van der Waals surface area contributed by atoms with Crippen molar-refractivity contribution in [2.75, 3.05) is 5.75 Å². The van der Waals surface area contributed by atoms with E-state index in [0.29, 0.717) is 6.42 Å². The van der Waals surface area contributed by atoms with Crippen LogP contribution in [0.1, 0.15) is 26.7 Å². The highest BCUT2D eigenvalue weighted by atomic mass is 32.2. The van der Waals surface area contributed by atoms with E-state index in [-0.39, 0.29) is 10.8 Å². The molecule has 0 spiro atoms. The SMILES string of the molecule is CC(C)([SiH3])CCCS(=O)(=O)O. The summed E-state index contributed by atoms with van der Waals surface area (Å²) in [6, 6.07) is 0. The van der Waals surface area contributed by atoms with Crippen LogP contribution >= 0.6 is 0 Å². The number of hydrogen-bond donors (Lipinski definition) is 1. The van der Waals surface area contributed by atoms with Crippen LogP contribution in [0.25, 0.3) is 0 Å². The van der Waals surface area contributed by atoms with E-state index in [1.807, 2.05) is 0 Å². The van der Waals surface area contributed by atoms with Crippen molar-refractivity contribution in [2.45, 2.75) is 31.7 Å². The van der Waals surface area contributed by atoms with Gasteiger partial charge >= 0.3 is 0 Å². The molecule has 11 heavy (non-hydrogen) atoms. The Morgan fingerprint density at radius 2 is 1.91 bits per heavy atom. The summed E-state index contributed by atoms with van der Waals surface area (Å²) in [6.07, 6.45) is 1.44. The largest absolute Gasteiger partial charge is 0.286 e. The predicted octanol–water partition coefficient (Wildman–Crippen LogP) is 0.218. The molecule has 5 heteroatoms. The minimum Gasteiger partial charge on any atom is -0.286 e. The maximum atomic E-state index is 10.3. The first-order valence-electron chi connectivity index (χ1n) is 3.66. The van der Waals surface area contributed by atoms with E-state index in [2.05, 4.69) is 13.8 Å². The van der Waals surface area contributed by atoms with Crippen molar-refractivity contribution in [3.63, 3.8) is 0 Å². The summed E-state index contributed by atoms with van der Waals surface area (Å²) in [5.74, 6) is -0.0985.